The van der Waals surface area contributed by atoms with Crippen molar-refractivity contribution in [2.75, 3.05) is 25.6 Å². The molecule has 0 bridgehead atoms. The molecule has 1 aliphatic carbocycles. The Hall–Kier alpha value is -3.44. The first-order chi connectivity index (χ1) is 15.0. The number of hydrogen-bond acceptors (Lipinski definition) is 7. The maximum Gasteiger partial charge on any atom is 0.227 e. The Kier molecular flexibility index (Phi) is 5.87. The number of nitrogens with zero attached hydrogens (tertiary/aromatic N) is 5. The Morgan fingerprint density at radius 3 is 2.77 bits per heavy atom. The van der Waals surface area contributed by atoms with Gasteiger partial charge in [0.1, 0.15) is 12.4 Å². The van der Waals surface area contributed by atoms with Crippen LogP contribution < -0.4 is 10.1 Å². The zero-order valence-electron chi connectivity index (χ0n) is 18.1. The molecule has 0 spiro atoms. The molecule has 4 rings (SSSR count). The van der Waals surface area contributed by atoms with Gasteiger partial charge in [-0.15, -0.1) is 0 Å². The molecule has 2 heterocycles. The summed E-state index contributed by atoms with van der Waals surface area (Å²) >= 11 is 0. The third-order valence-electron chi connectivity index (χ3n) is 5.43. The fourth-order valence-corrected chi connectivity index (χ4v) is 3.27. The second kappa shape index (κ2) is 8.74. The molecule has 1 saturated carbocycles. The lowest BCUT2D eigenvalue weighted by Gasteiger charge is -2.14. The van der Waals surface area contributed by atoms with Gasteiger partial charge in [0.15, 0.2) is 0 Å². The van der Waals surface area contributed by atoms with Crippen LogP contribution in [0.3, 0.4) is 0 Å². The smallest absolute Gasteiger partial charge is 0.227 e. The van der Waals surface area contributed by atoms with Crippen LogP contribution in [0.1, 0.15) is 24.0 Å². The minimum Gasteiger partial charge on any atom is -0.492 e. The first-order valence-electron chi connectivity index (χ1n) is 10.3. The number of aryl methyl sites for hydroxylation is 2. The van der Waals surface area contributed by atoms with E-state index in [9.17, 15) is 5.26 Å². The third kappa shape index (κ3) is 4.84. The van der Waals surface area contributed by atoms with Crippen molar-refractivity contribution >= 4 is 11.6 Å². The van der Waals surface area contributed by atoms with Crippen molar-refractivity contribution in [2.45, 2.75) is 33.2 Å². The summed E-state index contributed by atoms with van der Waals surface area (Å²) in [4.78, 5) is 9.13. The van der Waals surface area contributed by atoms with Crippen molar-refractivity contribution in [1.29, 1.82) is 5.26 Å². The van der Waals surface area contributed by atoms with E-state index in [1.807, 2.05) is 38.4 Å². The lowest BCUT2D eigenvalue weighted by Crippen LogP contribution is -2.11. The molecule has 0 radical (unpaired) electrons. The SMILES string of the molecule is COCCn1cc(Nc2ncc(C)c(-c3ccc(OCC4(C#N)CC4)c(C)c3)n2)cn1. The first kappa shape index (κ1) is 20.8. The number of methoxy groups -OCH3 is 1. The van der Waals surface area contributed by atoms with Gasteiger partial charge in [0.05, 0.1) is 42.2 Å². The molecule has 0 aliphatic heterocycles. The summed E-state index contributed by atoms with van der Waals surface area (Å²) in [5.41, 5.74) is 4.37. The molecule has 1 N–H and O–H groups in total. The largest absolute Gasteiger partial charge is 0.492 e. The van der Waals surface area contributed by atoms with Gasteiger partial charge in [-0.1, -0.05) is 0 Å². The Morgan fingerprint density at radius 1 is 1.23 bits per heavy atom. The Labute approximate surface area is 181 Å². The topological polar surface area (TPSA) is 97.9 Å². The maximum atomic E-state index is 9.24. The zero-order valence-corrected chi connectivity index (χ0v) is 18.1. The van der Waals surface area contributed by atoms with Crippen LogP contribution in [0.2, 0.25) is 0 Å². The summed E-state index contributed by atoms with van der Waals surface area (Å²) < 4.78 is 12.8. The van der Waals surface area contributed by atoms with E-state index < -0.39 is 0 Å². The molecule has 8 heteroatoms. The van der Waals surface area contributed by atoms with Crippen molar-refractivity contribution in [2.24, 2.45) is 5.41 Å². The van der Waals surface area contributed by atoms with E-state index in [1.165, 1.54) is 0 Å². The number of anilines is 2. The fraction of sp³-hybridized carbons (Fsp3) is 0.391. The molecule has 8 nitrogen and oxygen atoms in total. The number of ether oxygens (including phenoxy) is 2. The average Bonchev–Trinajstić information content (AvgIpc) is 3.43. The second-order valence-electron chi connectivity index (χ2n) is 8.00. The molecule has 3 aromatic rings. The predicted octanol–water partition coefficient (Wildman–Crippen LogP) is 4.03. The molecular weight excluding hydrogens is 392 g/mol. The number of nitriles is 1. The van der Waals surface area contributed by atoms with E-state index in [2.05, 4.69) is 27.5 Å². The van der Waals surface area contributed by atoms with Gasteiger partial charge in [-0.3, -0.25) is 4.68 Å². The molecule has 0 amide bonds. The van der Waals surface area contributed by atoms with Crippen LogP contribution in [0.15, 0.2) is 36.8 Å². The highest BCUT2D eigenvalue weighted by Gasteiger charge is 2.44. The average molecular weight is 419 g/mol. The van der Waals surface area contributed by atoms with Gasteiger partial charge in [0, 0.05) is 25.1 Å². The van der Waals surface area contributed by atoms with Crippen molar-refractivity contribution in [3.8, 4) is 23.1 Å². The van der Waals surface area contributed by atoms with Gasteiger partial charge in [-0.2, -0.15) is 10.4 Å². The van der Waals surface area contributed by atoms with Gasteiger partial charge in [-0.05, 0) is 56.0 Å². The quantitative estimate of drug-likeness (QED) is 0.560. The molecule has 2 aromatic heterocycles. The zero-order chi connectivity index (χ0) is 21.8. The van der Waals surface area contributed by atoms with E-state index in [0.29, 0.717) is 25.7 Å². The highest BCUT2D eigenvalue weighted by Crippen LogP contribution is 2.45. The first-order valence-corrected chi connectivity index (χ1v) is 10.3. The molecule has 1 aromatic carbocycles. The molecular formula is C23H26N6O2. The summed E-state index contributed by atoms with van der Waals surface area (Å²) in [5, 5.41) is 16.7. The van der Waals surface area contributed by atoms with E-state index in [1.54, 1.807) is 18.0 Å². The number of hydrogen-bond donors (Lipinski definition) is 1. The molecule has 1 fully saturated rings. The normalized spacial score (nSPS) is 14.1. The van der Waals surface area contributed by atoms with Crippen LogP contribution in [0.25, 0.3) is 11.3 Å². The van der Waals surface area contributed by atoms with E-state index in [0.717, 1.165) is 46.7 Å². The molecule has 0 saturated heterocycles. The van der Waals surface area contributed by atoms with E-state index in [4.69, 9.17) is 14.5 Å². The molecule has 0 atom stereocenters. The number of benzene rings is 1. The maximum absolute atomic E-state index is 9.24. The number of rotatable bonds is 9. The van der Waals surface area contributed by atoms with Crippen LogP contribution >= 0.6 is 0 Å². The van der Waals surface area contributed by atoms with Crippen molar-refractivity contribution < 1.29 is 9.47 Å². The Morgan fingerprint density at radius 2 is 2.06 bits per heavy atom. The van der Waals surface area contributed by atoms with Gasteiger partial charge in [-0.25, -0.2) is 9.97 Å². The second-order valence-corrected chi connectivity index (χ2v) is 8.00. The number of aromatic nitrogens is 4. The van der Waals surface area contributed by atoms with Crippen molar-refractivity contribution in [1.82, 2.24) is 19.7 Å². The summed E-state index contributed by atoms with van der Waals surface area (Å²) in [6.45, 7) is 5.73. The van der Waals surface area contributed by atoms with Crippen LogP contribution in [-0.2, 0) is 11.3 Å². The van der Waals surface area contributed by atoms with Crippen LogP contribution in [-0.4, -0.2) is 40.1 Å². The molecule has 160 valence electrons. The highest BCUT2D eigenvalue weighted by molar-refractivity contribution is 5.66. The monoisotopic (exact) mass is 418 g/mol. The third-order valence-corrected chi connectivity index (χ3v) is 5.43. The van der Waals surface area contributed by atoms with Crippen LogP contribution in [0.4, 0.5) is 11.6 Å². The van der Waals surface area contributed by atoms with Crippen molar-refractivity contribution in [3.63, 3.8) is 0 Å². The highest BCUT2D eigenvalue weighted by atomic mass is 16.5. The summed E-state index contributed by atoms with van der Waals surface area (Å²) in [6, 6.07) is 8.37. The minimum absolute atomic E-state index is 0.285. The fourth-order valence-electron chi connectivity index (χ4n) is 3.27. The van der Waals surface area contributed by atoms with Crippen LogP contribution in [0, 0.1) is 30.6 Å². The molecule has 31 heavy (non-hydrogen) atoms. The summed E-state index contributed by atoms with van der Waals surface area (Å²) in [7, 11) is 1.67. The summed E-state index contributed by atoms with van der Waals surface area (Å²) in [6.07, 6.45) is 7.28. The van der Waals surface area contributed by atoms with E-state index >= 15 is 0 Å². The lowest BCUT2D eigenvalue weighted by atomic mass is 10.0. The molecule has 1 aliphatic rings. The molecule has 0 unspecified atom stereocenters. The van der Waals surface area contributed by atoms with Gasteiger partial charge in [0.25, 0.3) is 0 Å². The van der Waals surface area contributed by atoms with Crippen molar-refractivity contribution in [3.05, 3.63) is 47.9 Å². The Bertz CT molecular complexity index is 1110. The Balaban J connectivity index is 1.49. The van der Waals surface area contributed by atoms with Gasteiger partial charge in [0.2, 0.25) is 5.95 Å². The van der Waals surface area contributed by atoms with Gasteiger partial charge >= 0.3 is 0 Å². The standard InChI is InChI=1S/C23H26N6O2/c1-16-10-18(4-5-20(16)31-15-23(14-24)6-7-23)21-17(2)11-25-22(28-21)27-19-12-26-29(13-19)8-9-30-3/h4-5,10-13H,6-9,15H2,1-3H3,(H,25,27,28). The summed E-state index contributed by atoms with van der Waals surface area (Å²) in [5.74, 6) is 1.31. The predicted molar refractivity (Wildman–Crippen MR) is 117 cm³/mol. The number of nitrogens with one attached hydrogen (secondary N) is 1. The lowest BCUT2D eigenvalue weighted by molar-refractivity contribution is 0.183. The van der Waals surface area contributed by atoms with E-state index in [-0.39, 0.29) is 5.41 Å². The van der Waals surface area contributed by atoms with Crippen LogP contribution in [0.5, 0.6) is 5.75 Å². The van der Waals surface area contributed by atoms with Gasteiger partial charge < -0.3 is 14.8 Å². The minimum atomic E-state index is -0.285.